The van der Waals surface area contributed by atoms with E-state index in [9.17, 15) is 18.0 Å². The van der Waals surface area contributed by atoms with E-state index >= 15 is 0 Å². The van der Waals surface area contributed by atoms with Crippen LogP contribution in [0.1, 0.15) is 36.2 Å². The van der Waals surface area contributed by atoms with Crippen molar-refractivity contribution in [3.63, 3.8) is 0 Å². The Morgan fingerprint density at radius 2 is 1.58 bits per heavy atom. The molecular formula is C23H30N2O7S. The Balaban J connectivity index is 2.08. The molecule has 2 rings (SSSR count). The Labute approximate surface area is 194 Å². The van der Waals surface area contributed by atoms with Crippen molar-refractivity contribution < 1.29 is 32.2 Å². The molecule has 0 heterocycles. The molecule has 0 saturated carbocycles. The van der Waals surface area contributed by atoms with Crippen molar-refractivity contribution in [1.29, 1.82) is 0 Å². The second-order valence-electron chi connectivity index (χ2n) is 7.68. The van der Waals surface area contributed by atoms with E-state index in [0.29, 0.717) is 24.5 Å². The van der Waals surface area contributed by atoms with Crippen LogP contribution in [0.15, 0.2) is 41.3 Å². The zero-order chi connectivity index (χ0) is 24.6. The summed E-state index contributed by atoms with van der Waals surface area (Å²) >= 11 is 0. The number of rotatable bonds is 11. The third-order valence-corrected chi connectivity index (χ3v) is 6.20. The fourth-order valence-electron chi connectivity index (χ4n) is 2.93. The van der Waals surface area contributed by atoms with E-state index in [4.69, 9.17) is 14.2 Å². The van der Waals surface area contributed by atoms with Gasteiger partial charge in [0.1, 0.15) is 0 Å². The average Bonchev–Trinajstić information content (AvgIpc) is 2.81. The molecule has 0 saturated heterocycles. The molecule has 0 spiro atoms. The Hall–Kier alpha value is -3.11. The fourth-order valence-corrected chi connectivity index (χ4v) is 4.14. The van der Waals surface area contributed by atoms with Gasteiger partial charge < -0.3 is 19.5 Å². The molecule has 0 aliphatic carbocycles. The summed E-state index contributed by atoms with van der Waals surface area (Å²) in [6.45, 7) is 4.20. The Morgan fingerprint density at radius 3 is 2.12 bits per heavy atom. The number of carbonyl (C=O) groups excluding carboxylic acids is 2. The number of carbonyl (C=O) groups is 2. The number of hydrogen-bond acceptors (Lipinski definition) is 7. The largest absolute Gasteiger partial charge is 0.493 e. The smallest absolute Gasteiger partial charge is 0.340 e. The van der Waals surface area contributed by atoms with Crippen LogP contribution in [-0.4, -0.2) is 48.2 Å². The van der Waals surface area contributed by atoms with Crippen LogP contribution >= 0.6 is 0 Å². The van der Waals surface area contributed by atoms with E-state index in [1.165, 1.54) is 45.6 Å². The first-order valence-corrected chi connectivity index (χ1v) is 11.8. The van der Waals surface area contributed by atoms with E-state index in [-0.39, 0.29) is 34.4 Å². The minimum absolute atomic E-state index is 0.118. The van der Waals surface area contributed by atoms with Crippen molar-refractivity contribution >= 4 is 27.6 Å². The van der Waals surface area contributed by atoms with Crippen LogP contribution in [0.3, 0.4) is 0 Å². The van der Waals surface area contributed by atoms with Gasteiger partial charge in [-0.1, -0.05) is 26.0 Å². The summed E-state index contributed by atoms with van der Waals surface area (Å²) in [4.78, 5) is 24.8. The number of sulfonamides is 1. The number of anilines is 1. The quantitative estimate of drug-likeness (QED) is 0.476. The molecule has 0 unspecified atom stereocenters. The molecule has 0 aliphatic heterocycles. The Bertz CT molecular complexity index is 1080. The van der Waals surface area contributed by atoms with Crippen molar-refractivity contribution in [1.82, 2.24) is 4.72 Å². The van der Waals surface area contributed by atoms with Crippen LogP contribution < -0.4 is 19.5 Å². The molecule has 180 valence electrons. The highest BCUT2D eigenvalue weighted by Gasteiger charge is 2.19. The summed E-state index contributed by atoms with van der Waals surface area (Å²) in [5.74, 6) is -0.0862. The fraction of sp³-hybridized carbons (Fsp3) is 0.391. The maximum Gasteiger partial charge on any atom is 0.340 e. The first-order valence-electron chi connectivity index (χ1n) is 10.3. The monoisotopic (exact) mass is 478 g/mol. The van der Waals surface area contributed by atoms with Crippen LogP contribution in [-0.2, 0) is 26.0 Å². The van der Waals surface area contributed by atoms with Crippen LogP contribution in [0.25, 0.3) is 0 Å². The molecule has 0 fully saturated rings. The Morgan fingerprint density at radius 1 is 0.970 bits per heavy atom. The second kappa shape index (κ2) is 11.7. The molecule has 2 aromatic carbocycles. The maximum absolute atomic E-state index is 12.5. The number of hydrogen-bond donors (Lipinski definition) is 2. The van der Waals surface area contributed by atoms with Gasteiger partial charge in [-0.25, -0.2) is 17.9 Å². The third kappa shape index (κ3) is 7.19. The van der Waals surface area contributed by atoms with Gasteiger partial charge >= 0.3 is 5.97 Å². The van der Waals surface area contributed by atoms with Crippen molar-refractivity contribution in [2.24, 2.45) is 5.92 Å². The topological polar surface area (TPSA) is 120 Å². The standard InChI is InChI=1S/C23H30N2O7S/c1-15(2)14-24-33(28,29)17-9-6-16(7-10-17)8-11-22(26)25-19-13-21(31-4)20(30-3)12-18(19)23(27)32-5/h6-7,9-10,12-13,15,24H,8,11,14H2,1-5H3,(H,25,26). The molecule has 0 atom stereocenters. The summed E-state index contributed by atoms with van der Waals surface area (Å²) in [6, 6.07) is 9.31. The minimum Gasteiger partial charge on any atom is -0.493 e. The average molecular weight is 479 g/mol. The summed E-state index contributed by atoms with van der Waals surface area (Å²) < 4.78 is 42.4. The van der Waals surface area contributed by atoms with Crippen molar-refractivity contribution in [3.05, 3.63) is 47.5 Å². The van der Waals surface area contributed by atoms with Crippen molar-refractivity contribution in [2.45, 2.75) is 31.6 Å². The van der Waals surface area contributed by atoms with E-state index in [1.807, 2.05) is 13.8 Å². The first kappa shape index (κ1) is 26.1. The normalized spacial score (nSPS) is 11.2. The molecule has 10 heteroatoms. The highest BCUT2D eigenvalue weighted by Crippen LogP contribution is 2.33. The molecule has 0 radical (unpaired) electrons. The van der Waals surface area contributed by atoms with Crippen LogP contribution in [0, 0.1) is 5.92 Å². The lowest BCUT2D eigenvalue weighted by Gasteiger charge is -2.14. The predicted molar refractivity (Wildman–Crippen MR) is 124 cm³/mol. The summed E-state index contributed by atoms with van der Waals surface area (Å²) in [5, 5.41) is 2.70. The molecule has 0 aliphatic rings. The molecule has 0 aromatic heterocycles. The molecular weight excluding hydrogens is 448 g/mol. The van der Waals surface area contributed by atoms with Crippen LogP contribution in [0.4, 0.5) is 5.69 Å². The van der Waals surface area contributed by atoms with Gasteiger partial charge in [-0.2, -0.15) is 0 Å². The lowest BCUT2D eigenvalue weighted by atomic mass is 10.1. The zero-order valence-electron chi connectivity index (χ0n) is 19.4. The van der Waals surface area contributed by atoms with E-state index in [2.05, 4.69) is 10.0 Å². The predicted octanol–water partition coefficient (Wildman–Crippen LogP) is 3.00. The lowest BCUT2D eigenvalue weighted by Crippen LogP contribution is -2.27. The van der Waals surface area contributed by atoms with Gasteiger partial charge in [0.25, 0.3) is 0 Å². The molecule has 9 nitrogen and oxygen atoms in total. The summed E-state index contributed by atoms with van der Waals surface area (Å²) in [5.41, 5.74) is 1.17. The van der Waals surface area contributed by atoms with Gasteiger partial charge in [-0.15, -0.1) is 0 Å². The molecule has 2 aromatic rings. The van der Waals surface area contributed by atoms with Gasteiger partial charge in [0.2, 0.25) is 15.9 Å². The van der Waals surface area contributed by atoms with Gasteiger partial charge in [0, 0.05) is 25.1 Å². The number of nitrogens with one attached hydrogen (secondary N) is 2. The van der Waals surface area contributed by atoms with E-state index in [1.54, 1.807) is 12.1 Å². The van der Waals surface area contributed by atoms with E-state index in [0.717, 1.165) is 5.56 Å². The minimum atomic E-state index is -3.57. The van der Waals surface area contributed by atoms with Gasteiger partial charge in [0.15, 0.2) is 11.5 Å². The van der Waals surface area contributed by atoms with Crippen molar-refractivity contribution in [3.8, 4) is 11.5 Å². The number of ether oxygens (including phenoxy) is 3. The second-order valence-corrected chi connectivity index (χ2v) is 9.45. The first-order chi connectivity index (χ1) is 15.6. The molecule has 1 amide bonds. The summed E-state index contributed by atoms with van der Waals surface area (Å²) in [7, 11) is 0.562. The van der Waals surface area contributed by atoms with Crippen molar-refractivity contribution in [2.75, 3.05) is 33.2 Å². The van der Waals surface area contributed by atoms with Crippen LogP contribution in [0.2, 0.25) is 0 Å². The Kier molecular flexibility index (Phi) is 9.24. The molecule has 0 bridgehead atoms. The zero-order valence-corrected chi connectivity index (χ0v) is 20.2. The maximum atomic E-state index is 12.5. The van der Waals surface area contributed by atoms with Gasteiger partial charge in [-0.05, 0) is 30.0 Å². The number of aryl methyl sites for hydroxylation is 1. The molecule has 33 heavy (non-hydrogen) atoms. The SMILES string of the molecule is COC(=O)c1cc(OC)c(OC)cc1NC(=O)CCc1ccc(S(=O)(=O)NCC(C)C)cc1. The number of benzene rings is 2. The number of esters is 1. The number of amides is 1. The highest BCUT2D eigenvalue weighted by atomic mass is 32.2. The van der Waals surface area contributed by atoms with Crippen LogP contribution in [0.5, 0.6) is 11.5 Å². The third-order valence-electron chi connectivity index (χ3n) is 4.76. The summed E-state index contributed by atoms with van der Waals surface area (Å²) in [6.07, 6.45) is 0.499. The highest BCUT2D eigenvalue weighted by molar-refractivity contribution is 7.89. The van der Waals surface area contributed by atoms with E-state index < -0.39 is 16.0 Å². The lowest BCUT2D eigenvalue weighted by molar-refractivity contribution is -0.116. The van der Waals surface area contributed by atoms with Gasteiger partial charge in [0.05, 0.1) is 37.5 Å². The molecule has 2 N–H and O–H groups in total. The number of methoxy groups -OCH3 is 3. The van der Waals surface area contributed by atoms with Gasteiger partial charge in [-0.3, -0.25) is 4.79 Å².